The number of carbonyl (C=O) groups excluding carboxylic acids is 1. The van der Waals surface area contributed by atoms with Gasteiger partial charge in [0.2, 0.25) is 5.91 Å². The number of hydrogen-bond acceptors (Lipinski definition) is 5. The highest BCUT2D eigenvalue weighted by Crippen LogP contribution is 2.24. The molecular weight excluding hydrogens is 344 g/mol. The minimum atomic E-state index is -0.462. The molecule has 1 aromatic heterocycles. The first kappa shape index (κ1) is 21.0. The SMILES string of the molecule is COc1ccc2c(C)c(CCC(=O)NC(C)(C)CN)c(=O)oc2c1.Cl. The van der Waals surface area contributed by atoms with Crippen molar-refractivity contribution in [3.8, 4) is 5.75 Å². The van der Waals surface area contributed by atoms with Crippen molar-refractivity contribution < 1.29 is 13.9 Å². The predicted molar refractivity (Wildman–Crippen MR) is 101 cm³/mol. The molecule has 25 heavy (non-hydrogen) atoms. The first-order valence-corrected chi connectivity index (χ1v) is 7.89. The Labute approximate surface area is 153 Å². The minimum absolute atomic E-state index is 0. The summed E-state index contributed by atoms with van der Waals surface area (Å²) in [7, 11) is 1.56. The van der Waals surface area contributed by atoms with E-state index in [1.54, 1.807) is 13.2 Å². The molecule has 0 aliphatic rings. The standard InChI is InChI=1S/C18H24N2O4.ClH/c1-11-13-6-5-12(23-4)9-15(13)24-17(22)14(11)7-8-16(21)20-18(2,3)10-19;/h5-6,9H,7-8,10,19H2,1-4H3,(H,20,21);1H. The van der Waals surface area contributed by atoms with Crippen LogP contribution in [0.4, 0.5) is 0 Å². The highest BCUT2D eigenvalue weighted by Gasteiger charge is 2.19. The van der Waals surface area contributed by atoms with Crippen LogP contribution in [0.3, 0.4) is 0 Å². The molecule has 1 aromatic carbocycles. The van der Waals surface area contributed by atoms with Crippen molar-refractivity contribution in [3.63, 3.8) is 0 Å². The average molecular weight is 369 g/mol. The highest BCUT2D eigenvalue weighted by atomic mass is 35.5. The van der Waals surface area contributed by atoms with Crippen molar-refractivity contribution in [2.24, 2.45) is 5.73 Å². The number of nitrogens with one attached hydrogen (secondary N) is 1. The fourth-order valence-electron chi connectivity index (χ4n) is 2.52. The van der Waals surface area contributed by atoms with Gasteiger partial charge in [-0.05, 0) is 44.9 Å². The smallest absolute Gasteiger partial charge is 0.339 e. The number of halogens is 1. The van der Waals surface area contributed by atoms with Gasteiger partial charge in [-0.1, -0.05) is 0 Å². The molecule has 2 rings (SSSR count). The number of methoxy groups -OCH3 is 1. The Morgan fingerprint density at radius 2 is 2.04 bits per heavy atom. The largest absolute Gasteiger partial charge is 0.497 e. The van der Waals surface area contributed by atoms with Crippen LogP contribution in [0.15, 0.2) is 27.4 Å². The predicted octanol–water partition coefficient (Wildman–Crippen LogP) is 2.32. The molecule has 3 N–H and O–H groups in total. The monoisotopic (exact) mass is 368 g/mol. The summed E-state index contributed by atoms with van der Waals surface area (Å²) in [6.45, 7) is 5.92. The van der Waals surface area contributed by atoms with Gasteiger partial charge in [0.05, 0.1) is 7.11 Å². The fourth-order valence-corrected chi connectivity index (χ4v) is 2.52. The lowest BCUT2D eigenvalue weighted by Crippen LogP contribution is -2.48. The molecule has 7 heteroatoms. The van der Waals surface area contributed by atoms with E-state index in [-0.39, 0.29) is 24.7 Å². The summed E-state index contributed by atoms with van der Waals surface area (Å²) >= 11 is 0. The maximum atomic E-state index is 12.2. The lowest BCUT2D eigenvalue weighted by Gasteiger charge is -2.24. The van der Waals surface area contributed by atoms with Crippen LogP contribution in [-0.2, 0) is 11.2 Å². The number of benzene rings is 1. The Bertz CT molecular complexity index is 815. The molecule has 2 aromatic rings. The molecule has 0 saturated heterocycles. The number of fused-ring (bicyclic) bond motifs is 1. The molecular formula is C18H25ClN2O4. The molecule has 0 saturated carbocycles. The van der Waals surface area contributed by atoms with Crippen molar-refractivity contribution in [2.45, 2.75) is 39.2 Å². The van der Waals surface area contributed by atoms with Crippen LogP contribution in [-0.4, -0.2) is 25.1 Å². The fraction of sp³-hybridized carbons (Fsp3) is 0.444. The molecule has 0 aliphatic carbocycles. The lowest BCUT2D eigenvalue weighted by molar-refractivity contribution is -0.122. The molecule has 0 atom stereocenters. The number of nitrogens with two attached hydrogens (primary N) is 1. The van der Waals surface area contributed by atoms with Crippen LogP contribution >= 0.6 is 12.4 Å². The Kier molecular flexibility index (Phi) is 7.02. The molecule has 1 heterocycles. The van der Waals surface area contributed by atoms with E-state index in [2.05, 4.69) is 5.32 Å². The quantitative estimate of drug-likeness (QED) is 0.763. The third kappa shape index (κ3) is 4.96. The van der Waals surface area contributed by atoms with Crippen LogP contribution in [0.2, 0.25) is 0 Å². The highest BCUT2D eigenvalue weighted by molar-refractivity contribution is 5.85. The van der Waals surface area contributed by atoms with Gasteiger partial charge in [-0.15, -0.1) is 12.4 Å². The molecule has 0 radical (unpaired) electrons. The second-order valence-electron chi connectivity index (χ2n) is 6.49. The van der Waals surface area contributed by atoms with Crippen molar-refractivity contribution in [2.75, 3.05) is 13.7 Å². The second-order valence-corrected chi connectivity index (χ2v) is 6.49. The van der Waals surface area contributed by atoms with Crippen LogP contribution in [0.5, 0.6) is 5.75 Å². The number of amides is 1. The Hall–Kier alpha value is -2.05. The van der Waals surface area contributed by atoms with Crippen molar-refractivity contribution in [1.29, 1.82) is 0 Å². The number of hydrogen-bond donors (Lipinski definition) is 2. The van der Waals surface area contributed by atoms with Crippen LogP contribution < -0.4 is 21.4 Å². The Morgan fingerprint density at radius 1 is 1.36 bits per heavy atom. The molecule has 0 bridgehead atoms. The van der Waals surface area contributed by atoms with Gasteiger partial charge in [-0.3, -0.25) is 4.79 Å². The Morgan fingerprint density at radius 3 is 2.64 bits per heavy atom. The van der Waals surface area contributed by atoms with Crippen molar-refractivity contribution in [1.82, 2.24) is 5.32 Å². The van der Waals surface area contributed by atoms with Crippen LogP contribution in [0.1, 0.15) is 31.4 Å². The number of ether oxygens (including phenoxy) is 1. The summed E-state index contributed by atoms with van der Waals surface area (Å²) in [5, 5.41) is 3.70. The van der Waals surface area contributed by atoms with Gasteiger partial charge < -0.3 is 20.2 Å². The van der Waals surface area contributed by atoms with E-state index >= 15 is 0 Å². The normalized spacial score (nSPS) is 11.1. The number of rotatable bonds is 6. The topological polar surface area (TPSA) is 94.6 Å². The van der Waals surface area contributed by atoms with Crippen LogP contribution in [0.25, 0.3) is 11.0 Å². The molecule has 0 unspecified atom stereocenters. The molecule has 0 spiro atoms. The summed E-state index contributed by atoms with van der Waals surface area (Å²) in [6, 6.07) is 5.35. The summed E-state index contributed by atoms with van der Waals surface area (Å²) in [4.78, 5) is 24.3. The summed E-state index contributed by atoms with van der Waals surface area (Å²) < 4.78 is 10.5. The third-order valence-electron chi connectivity index (χ3n) is 4.08. The van der Waals surface area contributed by atoms with Gasteiger partial charge in [0.1, 0.15) is 11.3 Å². The van der Waals surface area contributed by atoms with Gasteiger partial charge >= 0.3 is 5.63 Å². The van der Waals surface area contributed by atoms with Gasteiger partial charge in [0.15, 0.2) is 0 Å². The zero-order valence-corrected chi connectivity index (χ0v) is 15.8. The van der Waals surface area contributed by atoms with Gasteiger partial charge in [0, 0.05) is 35.5 Å². The summed E-state index contributed by atoms with van der Waals surface area (Å²) in [6.07, 6.45) is 0.527. The molecule has 0 aliphatic heterocycles. The van der Waals surface area contributed by atoms with E-state index in [4.69, 9.17) is 14.9 Å². The molecule has 0 fully saturated rings. The van der Waals surface area contributed by atoms with Gasteiger partial charge in [-0.2, -0.15) is 0 Å². The van der Waals surface area contributed by atoms with E-state index in [0.717, 1.165) is 10.9 Å². The first-order valence-electron chi connectivity index (χ1n) is 7.89. The summed E-state index contributed by atoms with van der Waals surface area (Å²) in [5.41, 5.74) is 6.56. The summed E-state index contributed by atoms with van der Waals surface area (Å²) in [5.74, 6) is 0.486. The van der Waals surface area contributed by atoms with E-state index in [0.29, 0.717) is 29.9 Å². The molecule has 6 nitrogen and oxygen atoms in total. The molecule has 138 valence electrons. The zero-order chi connectivity index (χ0) is 17.9. The number of carbonyl (C=O) groups is 1. The first-order chi connectivity index (χ1) is 11.3. The van der Waals surface area contributed by atoms with Crippen molar-refractivity contribution >= 4 is 29.3 Å². The number of aryl methyl sites for hydroxylation is 1. The van der Waals surface area contributed by atoms with E-state index in [9.17, 15) is 9.59 Å². The van der Waals surface area contributed by atoms with E-state index < -0.39 is 11.2 Å². The van der Waals surface area contributed by atoms with Crippen molar-refractivity contribution in [3.05, 3.63) is 39.7 Å². The van der Waals surface area contributed by atoms with Crippen LogP contribution in [0, 0.1) is 6.92 Å². The average Bonchev–Trinajstić information content (AvgIpc) is 2.53. The third-order valence-corrected chi connectivity index (χ3v) is 4.08. The Balaban J connectivity index is 0.00000312. The minimum Gasteiger partial charge on any atom is -0.497 e. The van der Waals surface area contributed by atoms with E-state index in [1.807, 2.05) is 32.9 Å². The maximum absolute atomic E-state index is 12.2. The molecule has 1 amide bonds. The van der Waals surface area contributed by atoms with Gasteiger partial charge in [0.25, 0.3) is 0 Å². The lowest BCUT2D eigenvalue weighted by atomic mass is 10.0. The zero-order valence-electron chi connectivity index (χ0n) is 15.0. The maximum Gasteiger partial charge on any atom is 0.339 e. The van der Waals surface area contributed by atoms with E-state index in [1.165, 1.54) is 0 Å². The second kappa shape index (κ2) is 8.36. The van der Waals surface area contributed by atoms with Gasteiger partial charge in [-0.25, -0.2) is 4.79 Å².